The van der Waals surface area contributed by atoms with Crippen LogP contribution in [0.25, 0.3) is 0 Å². The van der Waals surface area contributed by atoms with Gasteiger partial charge in [0, 0.05) is 0 Å². The summed E-state index contributed by atoms with van der Waals surface area (Å²) in [5, 5.41) is 18.9. The van der Waals surface area contributed by atoms with E-state index in [1.807, 2.05) is 0 Å². The van der Waals surface area contributed by atoms with Crippen LogP contribution in [0.15, 0.2) is 0 Å². The molecule has 1 amide bonds. The maximum atomic E-state index is 12.6. The molecule has 0 spiro atoms. The predicted molar refractivity (Wildman–Crippen MR) is 46.3 cm³/mol. The second kappa shape index (κ2) is 5.13. The van der Waals surface area contributed by atoms with E-state index in [0.717, 1.165) is 0 Å². The number of rotatable bonds is 5. The molecule has 0 fully saturated rings. The van der Waals surface area contributed by atoms with Gasteiger partial charge in [-0.05, 0) is 6.42 Å². The van der Waals surface area contributed by atoms with Crippen molar-refractivity contribution in [1.29, 1.82) is 0 Å². The molecule has 0 atom stereocenters. The zero-order valence-corrected chi connectivity index (χ0v) is 8.81. The first-order chi connectivity index (χ1) is 7.56. The Morgan fingerprint density at radius 1 is 1.12 bits per heavy atom. The molecule has 0 unspecified atom stereocenters. The molecule has 0 radical (unpaired) electrons. The Morgan fingerprint density at radius 2 is 1.53 bits per heavy atom. The Hall–Kier alpha value is -0.960. The van der Waals surface area contributed by atoms with Crippen molar-refractivity contribution >= 4 is 5.91 Å². The molecule has 0 bridgehead atoms. The molecule has 102 valence electrons. The van der Waals surface area contributed by atoms with Crippen molar-refractivity contribution < 1.29 is 37.0 Å². The third-order valence-corrected chi connectivity index (χ3v) is 2.30. The lowest BCUT2D eigenvalue weighted by molar-refractivity contribution is -0.270. The van der Waals surface area contributed by atoms with Gasteiger partial charge in [0.1, 0.15) is 0 Å². The van der Waals surface area contributed by atoms with E-state index in [4.69, 9.17) is 10.2 Å². The molecule has 0 aliphatic heterocycles. The fourth-order valence-corrected chi connectivity index (χ4v) is 0.889. The quantitative estimate of drug-likeness (QED) is 0.631. The van der Waals surface area contributed by atoms with Gasteiger partial charge in [0.25, 0.3) is 0 Å². The lowest BCUT2D eigenvalue weighted by Crippen LogP contribution is -2.61. The van der Waals surface area contributed by atoms with Crippen molar-refractivity contribution in [3.8, 4) is 0 Å². The molecule has 0 heterocycles. The molecule has 0 aromatic carbocycles. The lowest BCUT2D eigenvalue weighted by Gasteiger charge is -2.31. The topological polar surface area (TPSA) is 69.6 Å². The smallest absolute Gasteiger partial charge is 0.394 e. The summed E-state index contributed by atoms with van der Waals surface area (Å²) in [7, 11) is 0. The van der Waals surface area contributed by atoms with E-state index in [1.54, 1.807) is 0 Å². The predicted octanol–water partition coefficient (Wildman–Crippen LogP) is 0.434. The van der Waals surface area contributed by atoms with Gasteiger partial charge in [-0.25, -0.2) is 0 Å². The molecule has 0 rings (SSSR count). The van der Waals surface area contributed by atoms with Gasteiger partial charge < -0.3 is 15.5 Å². The van der Waals surface area contributed by atoms with E-state index >= 15 is 0 Å². The van der Waals surface area contributed by atoms with Gasteiger partial charge in [0.15, 0.2) is 0 Å². The van der Waals surface area contributed by atoms with Crippen molar-refractivity contribution in [3.63, 3.8) is 0 Å². The first kappa shape index (κ1) is 16.0. The highest BCUT2D eigenvalue weighted by Gasteiger charge is 2.64. The van der Waals surface area contributed by atoms with E-state index < -0.39 is 36.8 Å². The Balaban J connectivity index is 4.97. The second-order valence-corrected chi connectivity index (χ2v) is 3.48. The van der Waals surface area contributed by atoms with Gasteiger partial charge in [0.2, 0.25) is 0 Å². The van der Waals surface area contributed by atoms with Gasteiger partial charge >= 0.3 is 18.0 Å². The molecule has 3 N–H and O–H groups in total. The van der Waals surface area contributed by atoms with Gasteiger partial charge in [-0.1, -0.05) is 6.92 Å². The number of alkyl halides is 5. The first-order valence-corrected chi connectivity index (χ1v) is 4.55. The summed E-state index contributed by atoms with van der Waals surface area (Å²) >= 11 is 0. The minimum absolute atomic E-state index is 0.209. The average Bonchev–Trinajstić information content (AvgIpc) is 2.24. The van der Waals surface area contributed by atoms with Gasteiger partial charge in [-0.3, -0.25) is 4.79 Å². The van der Waals surface area contributed by atoms with Crippen molar-refractivity contribution in [2.75, 3.05) is 13.2 Å². The minimum atomic E-state index is -6.03. The Morgan fingerprint density at radius 3 is 1.76 bits per heavy atom. The van der Waals surface area contributed by atoms with Crippen molar-refractivity contribution in [3.05, 3.63) is 0 Å². The number of carbonyl (C=O) groups is 1. The normalized spacial score (nSPS) is 13.6. The summed E-state index contributed by atoms with van der Waals surface area (Å²) in [6.07, 6.45) is -6.23. The van der Waals surface area contributed by atoms with Crippen LogP contribution in [-0.4, -0.2) is 47.0 Å². The summed E-state index contributed by atoms with van der Waals surface area (Å²) in [4.78, 5) is 10.8. The van der Waals surface area contributed by atoms with Crippen LogP contribution in [0.2, 0.25) is 0 Å². The minimum Gasteiger partial charge on any atom is -0.394 e. The van der Waals surface area contributed by atoms with E-state index in [-0.39, 0.29) is 6.42 Å². The maximum absolute atomic E-state index is 12.6. The number of amides is 1. The summed E-state index contributed by atoms with van der Waals surface area (Å²) < 4.78 is 60.6. The molecule has 0 aliphatic carbocycles. The first-order valence-electron chi connectivity index (χ1n) is 4.55. The van der Waals surface area contributed by atoms with Gasteiger partial charge in [-0.2, -0.15) is 22.0 Å². The van der Waals surface area contributed by atoms with Crippen LogP contribution in [0, 0.1) is 0 Å². The summed E-state index contributed by atoms with van der Waals surface area (Å²) in [5.74, 6) is -8.17. The van der Waals surface area contributed by atoms with Crippen molar-refractivity contribution in [2.24, 2.45) is 0 Å². The van der Waals surface area contributed by atoms with E-state index in [2.05, 4.69) is 0 Å². The highest BCUT2D eigenvalue weighted by Crippen LogP contribution is 2.35. The number of hydrogen-bond acceptors (Lipinski definition) is 3. The molecular weight excluding hydrogens is 253 g/mol. The highest BCUT2D eigenvalue weighted by molar-refractivity contribution is 5.85. The monoisotopic (exact) mass is 265 g/mol. The SMILES string of the molecule is CCC(CO)(CO)NC(=O)C(F)(F)C(F)(F)F. The Labute approximate surface area is 93.4 Å². The van der Waals surface area contributed by atoms with Crippen molar-refractivity contribution in [1.82, 2.24) is 5.32 Å². The number of halogens is 5. The molecule has 0 aliphatic rings. The van der Waals surface area contributed by atoms with Crippen LogP contribution in [0.5, 0.6) is 0 Å². The third-order valence-electron chi connectivity index (χ3n) is 2.30. The molecule has 0 aromatic rings. The zero-order chi connectivity index (χ0) is 13.9. The molecule has 9 heteroatoms. The largest absolute Gasteiger partial charge is 0.463 e. The molecular formula is C8H12F5NO3. The van der Waals surface area contributed by atoms with Crippen LogP contribution in [-0.2, 0) is 4.79 Å². The lowest BCUT2D eigenvalue weighted by atomic mass is 9.98. The Kier molecular flexibility index (Phi) is 4.84. The van der Waals surface area contributed by atoms with Gasteiger partial charge in [0.05, 0.1) is 18.8 Å². The van der Waals surface area contributed by atoms with Crippen LogP contribution >= 0.6 is 0 Å². The summed E-state index contributed by atoms with van der Waals surface area (Å²) in [5.41, 5.74) is -1.90. The number of carbonyl (C=O) groups excluding carboxylic acids is 1. The molecule has 17 heavy (non-hydrogen) atoms. The standard InChI is InChI=1S/C8H12F5NO3/c1-2-6(3-15,4-16)14-5(17)7(9,10)8(11,12)13/h15-16H,2-4H2,1H3,(H,14,17). The second-order valence-electron chi connectivity index (χ2n) is 3.48. The fourth-order valence-electron chi connectivity index (χ4n) is 0.889. The average molecular weight is 265 g/mol. The van der Waals surface area contributed by atoms with Crippen molar-refractivity contribution in [2.45, 2.75) is 31.0 Å². The molecule has 0 aromatic heterocycles. The summed E-state index contributed by atoms with van der Waals surface area (Å²) in [6, 6.07) is 0. The highest BCUT2D eigenvalue weighted by atomic mass is 19.4. The Bertz CT molecular complexity index is 267. The van der Waals surface area contributed by atoms with E-state index in [1.165, 1.54) is 12.2 Å². The van der Waals surface area contributed by atoms with Crippen LogP contribution < -0.4 is 5.32 Å². The molecule has 0 saturated heterocycles. The number of nitrogens with one attached hydrogen (secondary N) is 1. The summed E-state index contributed by atoms with van der Waals surface area (Å²) in [6.45, 7) is -0.613. The maximum Gasteiger partial charge on any atom is 0.463 e. The van der Waals surface area contributed by atoms with Crippen LogP contribution in [0.1, 0.15) is 13.3 Å². The number of aliphatic hydroxyl groups excluding tert-OH is 2. The van der Waals surface area contributed by atoms with Crippen LogP contribution in [0.4, 0.5) is 22.0 Å². The number of aliphatic hydroxyl groups is 2. The third kappa shape index (κ3) is 3.25. The zero-order valence-electron chi connectivity index (χ0n) is 8.81. The van der Waals surface area contributed by atoms with Crippen LogP contribution in [0.3, 0.4) is 0 Å². The number of hydrogen-bond donors (Lipinski definition) is 3. The fraction of sp³-hybridized carbons (Fsp3) is 0.875. The van der Waals surface area contributed by atoms with Gasteiger partial charge in [-0.15, -0.1) is 0 Å². The van der Waals surface area contributed by atoms with E-state index in [9.17, 15) is 26.7 Å². The molecule has 4 nitrogen and oxygen atoms in total. The molecule has 0 saturated carbocycles. The van der Waals surface area contributed by atoms with E-state index in [0.29, 0.717) is 0 Å².